The molecule has 2 aromatic heterocycles. The average Bonchev–Trinajstić information content (AvgIpc) is 3.32. The molecule has 0 atom stereocenters. The summed E-state index contributed by atoms with van der Waals surface area (Å²) in [6.07, 6.45) is 1.12. The third kappa shape index (κ3) is 4.62. The van der Waals surface area contributed by atoms with E-state index >= 15 is 0 Å². The number of carbonyl (C=O) groups is 1. The number of sulfone groups is 1. The number of nitrogens with one attached hydrogen (secondary N) is 1. The number of thiazole rings is 1. The molecule has 6 nitrogen and oxygen atoms in total. The lowest BCUT2D eigenvalue weighted by Gasteiger charge is -2.10. The molecule has 0 saturated heterocycles. The van der Waals surface area contributed by atoms with Crippen LogP contribution in [0.5, 0.6) is 0 Å². The Morgan fingerprint density at radius 1 is 1.00 bits per heavy atom. The van der Waals surface area contributed by atoms with Gasteiger partial charge in [0.1, 0.15) is 0 Å². The van der Waals surface area contributed by atoms with Gasteiger partial charge in [-0.2, -0.15) is 0 Å². The van der Waals surface area contributed by atoms with Crippen LogP contribution in [0.3, 0.4) is 0 Å². The Morgan fingerprint density at radius 3 is 2.36 bits per heavy atom. The quantitative estimate of drug-likeness (QED) is 0.410. The molecule has 170 valence electrons. The third-order valence-electron chi connectivity index (χ3n) is 5.61. The second-order valence-electron chi connectivity index (χ2n) is 8.20. The maximum absolute atomic E-state index is 12.9. The number of amides is 1. The number of aromatic nitrogens is 2. The monoisotopic (exact) mass is 479 g/mol. The van der Waals surface area contributed by atoms with Crippen molar-refractivity contribution in [1.29, 1.82) is 0 Å². The maximum atomic E-state index is 12.9. The number of anilines is 1. The van der Waals surface area contributed by atoms with Gasteiger partial charge in [-0.15, -0.1) is 11.3 Å². The van der Waals surface area contributed by atoms with Crippen LogP contribution in [0, 0.1) is 27.7 Å². The molecule has 0 radical (unpaired) electrons. The van der Waals surface area contributed by atoms with E-state index in [1.54, 1.807) is 13.0 Å². The molecule has 1 amide bonds. The van der Waals surface area contributed by atoms with Gasteiger partial charge in [0.25, 0.3) is 5.91 Å². The zero-order valence-electron chi connectivity index (χ0n) is 19.1. The molecule has 0 aliphatic rings. The highest BCUT2D eigenvalue weighted by Gasteiger charge is 2.18. The Morgan fingerprint density at radius 2 is 1.70 bits per heavy atom. The summed E-state index contributed by atoms with van der Waals surface area (Å²) < 4.78 is 25.9. The SMILES string of the molecule is Cc1ccc(-n2c(C)cc(-c3csc(NC(=O)c4cc(S(C)(=O)=O)ccc4C)n3)c2C)cc1. The maximum Gasteiger partial charge on any atom is 0.257 e. The summed E-state index contributed by atoms with van der Waals surface area (Å²) in [6, 6.07) is 15.0. The molecule has 0 bridgehead atoms. The van der Waals surface area contributed by atoms with Crippen molar-refractivity contribution in [3.63, 3.8) is 0 Å². The summed E-state index contributed by atoms with van der Waals surface area (Å²) >= 11 is 1.33. The number of nitrogens with zero attached hydrogens (tertiary/aromatic N) is 2. The van der Waals surface area contributed by atoms with Gasteiger partial charge in [0.05, 0.1) is 10.6 Å². The van der Waals surface area contributed by atoms with E-state index in [0.717, 1.165) is 34.6 Å². The highest BCUT2D eigenvalue weighted by molar-refractivity contribution is 7.90. The molecule has 0 unspecified atom stereocenters. The van der Waals surface area contributed by atoms with Crippen LogP contribution in [0.1, 0.15) is 32.9 Å². The van der Waals surface area contributed by atoms with E-state index in [0.29, 0.717) is 16.3 Å². The normalized spacial score (nSPS) is 11.5. The second kappa shape index (κ2) is 8.61. The van der Waals surface area contributed by atoms with Gasteiger partial charge in [-0.3, -0.25) is 10.1 Å². The fourth-order valence-corrected chi connectivity index (χ4v) is 5.16. The molecule has 0 aliphatic heterocycles. The fourth-order valence-electron chi connectivity index (χ4n) is 3.81. The molecule has 0 aliphatic carbocycles. The molecule has 8 heteroatoms. The molecule has 0 spiro atoms. The molecule has 0 saturated carbocycles. The molecular formula is C25H25N3O3S2. The second-order valence-corrected chi connectivity index (χ2v) is 11.1. The summed E-state index contributed by atoms with van der Waals surface area (Å²) in [5.41, 5.74) is 7.24. The highest BCUT2D eigenvalue weighted by atomic mass is 32.2. The molecule has 1 N–H and O–H groups in total. The Balaban J connectivity index is 1.61. The van der Waals surface area contributed by atoms with E-state index in [1.165, 1.54) is 29.0 Å². The first-order chi connectivity index (χ1) is 15.5. The van der Waals surface area contributed by atoms with Crippen molar-refractivity contribution in [2.24, 2.45) is 0 Å². The number of carbonyl (C=O) groups excluding carboxylic acids is 1. The number of rotatable bonds is 5. The lowest BCUT2D eigenvalue weighted by molar-refractivity contribution is 0.102. The van der Waals surface area contributed by atoms with Crippen LogP contribution in [-0.4, -0.2) is 30.1 Å². The van der Waals surface area contributed by atoms with Crippen molar-refractivity contribution < 1.29 is 13.2 Å². The van der Waals surface area contributed by atoms with E-state index < -0.39 is 9.84 Å². The van der Waals surface area contributed by atoms with Crippen LogP contribution in [0.25, 0.3) is 16.9 Å². The molecular weight excluding hydrogens is 454 g/mol. The molecule has 0 fully saturated rings. The Labute approximate surface area is 197 Å². The zero-order chi connectivity index (χ0) is 23.9. The van der Waals surface area contributed by atoms with Crippen LogP contribution < -0.4 is 5.32 Å². The van der Waals surface area contributed by atoms with Gasteiger partial charge in [-0.25, -0.2) is 13.4 Å². The fraction of sp³-hybridized carbons (Fsp3) is 0.200. The zero-order valence-corrected chi connectivity index (χ0v) is 20.8. The first kappa shape index (κ1) is 22.9. The summed E-state index contributed by atoms with van der Waals surface area (Å²) in [4.78, 5) is 17.6. The van der Waals surface area contributed by atoms with Crippen LogP contribution in [0.15, 0.2) is 58.8 Å². The van der Waals surface area contributed by atoms with E-state index in [2.05, 4.69) is 66.0 Å². The number of hydrogen-bond donors (Lipinski definition) is 1. The van der Waals surface area contributed by atoms with Crippen LogP contribution in [-0.2, 0) is 9.84 Å². The van der Waals surface area contributed by atoms with Crippen LogP contribution >= 0.6 is 11.3 Å². The minimum atomic E-state index is -3.41. The Hall–Kier alpha value is -3.23. The molecule has 4 rings (SSSR count). The van der Waals surface area contributed by atoms with Crippen molar-refractivity contribution >= 4 is 32.2 Å². The largest absolute Gasteiger partial charge is 0.318 e. The summed E-state index contributed by atoms with van der Waals surface area (Å²) in [5, 5.41) is 5.18. The summed E-state index contributed by atoms with van der Waals surface area (Å²) in [6.45, 7) is 7.95. The lowest BCUT2D eigenvalue weighted by Crippen LogP contribution is -2.14. The van der Waals surface area contributed by atoms with Gasteiger partial charge in [0.15, 0.2) is 15.0 Å². The van der Waals surface area contributed by atoms with Gasteiger partial charge in [0, 0.05) is 39.8 Å². The standard InChI is InChI=1S/C25H25N3O3S2/c1-15-6-9-19(10-7-15)28-17(3)12-22(18(28)4)23-14-32-25(26-23)27-24(29)21-13-20(33(5,30)31)11-8-16(21)2/h6-14H,1-5H3,(H,26,27,29). The smallest absolute Gasteiger partial charge is 0.257 e. The van der Waals surface area contributed by atoms with Gasteiger partial charge in [-0.05, 0) is 63.6 Å². The van der Waals surface area contributed by atoms with Gasteiger partial charge in [-0.1, -0.05) is 23.8 Å². The predicted molar refractivity (Wildman–Crippen MR) is 133 cm³/mol. The van der Waals surface area contributed by atoms with Crippen molar-refractivity contribution in [2.45, 2.75) is 32.6 Å². The molecule has 2 heterocycles. The lowest BCUT2D eigenvalue weighted by atomic mass is 10.1. The van der Waals surface area contributed by atoms with E-state index in [-0.39, 0.29) is 10.8 Å². The number of aryl methyl sites for hydroxylation is 3. The summed E-state index contributed by atoms with van der Waals surface area (Å²) in [7, 11) is -3.41. The third-order valence-corrected chi connectivity index (χ3v) is 7.47. The van der Waals surface area contributed by atoms with Gasteiger partial charge < -0.3 is 4.57 Å². The van der Waals surface area contributed by atoms with Crippen LogP contribution in [0.2, 0.25) is 0 Å². The summed E-state index contributed by atoms with van der Waals surface area (Å²) in [5.74, 6) is -0.385. The van der Waals surface area contributed by atoms with Crippen molar-refractivity contribution in [1.82, 2.24) is 9.55 Å². The van der Waals surface area contributed by atoms with Crippen LogP contribution in [0.4, 0.5) is 5.13 Å². The Bertz CT molecular complexity index is 1460. The predicted octanol–water partition coefficient (Wildman–Crippen LogP) is 5.49. The molecule has 2 aromatic carbocycles. The first-order valence-electron chi connectivity index (χ1n) is 10.4. The first-order valence-corrected chi connectivity index (χ1v) is 13.2. The Kier molecular flexibility index (Phi) is 5.99. The topological polar surface area (TPSA) is 81.1 Å². The van der Waals surface area contributed by atoms with Crippen molar-refractivity contribution in [2.75, 3.05) is 11.6 Å². The molecule has 4 aromatic rings. The number of benzene rings is 2. The van der Waals surface area contributed by atoms with E-state index in [9.17, 15) is 13.2 Å². The average molecular weight is 480 g/mol. The van der Waals surface area contributed by atoms with Gasteiger partial charge in [0.2, 0.25) is 0 Å². The van der Waals surface area contributed by atoms with Gasteiger partial charge >= 0.3 is 0 Å². The van der Waals surface area contributed by atoms with E-state index in [4.69, 9.17) is 0 Å². The number of hydrogen-bond acceptors (Lipinski definition) is 5. The molecule has 33 heavy (non-hydrogen) atoms. The highest BCUT2D eigenvalue weighted by Crippen LogP contribution is 2.32. The minimum absolute atomic E-state index is 0.113. The van der Waals surface area contributed by atoms with Crippen molar-refractivity contribution in [3.05, 3.63) is 82.0 Å². The minimum Gasteiger partial charge on any atom is -0.318 e. The van der Waals surface area contributed by atoms with E-state index in [1.807, 2.05) is 5.38 Å². The van der Waals surface area contributed by atoms with Crippen molar-refractivity contribution in [3.8, 4) is 16.9 Å².